The van der Waals surface area contributed by atoms with Crippen molar-refractivity contribution in [3.8, 4) is 0 Å². The number of amides is 2. The number of nitrogens with zero attached hydrogens (tertiary/aromatic N) is 4. The van der Waals surface area contributed by atoms with Gasteiger partial charge in [0.05, 0.1) is 13.1 Å². The monoisotopic (exact) mass is 463 g/mol. The van der Waals surface area contributed by atoms with Crippen molar-refractivity contribution in [2.45, 2.75) is 58.5 Å². The molecule has 4 N–H and O–H groups in total. The predicted molar refractivity (Wildman–Crippen MR) is 127 cm³/mol. The third kappa shape index (κ3) is 6.67. The molecule has 0 unspecified atom stereocenters. The summed E-state index contributed by atoms with van der Waals surface area (Å²) in [6, 6.07) is 0.354. The topological polar surface area (TPSA) is 137 Å². The van der Waals surface area contributed by atoms with Crippen LogP contribution in [0.4, 0.5) is 11.5 Å². The molecule has 0 atom stereocenters. The summed E-state index contributed by atoms with van der Waals surface area (Å²) in [5, 5.41) is 3.00. The summed E-state index contributed by atoms with van der Waals surface area (Å²) in [5.41, 5.74) is 5.06. The average Bonchev–Trinajstić information content (AvgIpc) is 3.58. The number of anilines is 2. The van der Waals surface area contributed by atoms with Gasteiger partial charge in [-0.3, -0.25) is 33.7 Å². The van der Waals surface area contributed by atoms with Gasteiger partial charge in [0.1, 0.15) is 5.82 Å². The van der Waals surface area contributed by atoms with Crippen LogP contribution in [0.25, 0.3) is 0 Å². The van der Waals surface area contributed by atoms with Gasteiger partial charge >= 0.3 is 5.69 Å². The van der Waals surface area contributed by atoms with Crippen molar-refractivity contribution in [2.24, 2.45) is 0 Å². The lowest BCUT2D eigenvalue weighted by Crippen LogP contribution is -2.52. The van der Waals surface area contributed by atoms with Crippen molar-refractivity contribution in [3.05, 3.63) is 20.8 Å². The molecule has 184 valence electrons. The molecule has 2 amide bonds. The Morgan fingerprint density at radius 2 is 1.70 bits per heavy atom. The van der Waals surface area contributed by atoms with Crippen LogP contribution >= 0.6 is 0 Å². The second-order valence-corrected chi connectivity index (χ2v) is 8.94. The molecular weight excluding hydrogens is 426 g/mol. The highest BCUT2D eigenvalue weighted by Gasteiger charge is 2.28. The molecular formula is C22H37N7O4. The maximum Gasteiger partial charge on any atom is 0.330 e. The smallest absolute Gasteiger partial charge is 0.330 e. The van der Waals surface area contributed by atoms with Crippen LogP contribution in [0.2, 0.25) is 0 Å². The lowest BCUT2D eigenvalue weighted by molar-refractivity contribution is -0.124. The van der Waals surface area contributed by atoms with Gasteiger partial charge in [-0.2, -0.15) is 0 Å². The molecule has 1 saturated heterocycles. The Kier molecular flexibility index (Phi) is 8.67. The van der Waals surface area contributed by atoms with Crippen LogP contribution in [0.5, 0.6) is 0 Å². The van der Waals surface area contributed by atoms with E-state index in [1.165, 1.54) is 9.47 Å². The van der Waals surface area contributed by atoms with E-state index in [9.17, 15) is 19.2 Å². The second-order valence-electron chi connectivity index (χ2n) is 8.94. The van der Waals surface area contributed by atoms with Gasteiger partial charge in [-0.25, -0.2) is 4.79 Å². The summed E-state index contributed by atoms with van der Waals surface area (Å²) >= 11 is 0. The molecule has 1 aromatic rings. The van der Waals surface area contributed by atoms with Crippen molar-refractivity contribution in [1.82, 2.24) is 24.7 Å². The number of hydrogen-bond donors (Lipinski definition) is 3. The Morgan fingerprint density at radius 3 is 2.27 bits per heavy atom. The van der Waals surface area contributed by atoms with Crippen LogP contribution in [0.1, 0.15) is 46.0 Å². The normalized spacial score (nSPS) is 17.2. The average molecular weight is 464 g/mol. The minimum absolute atomic E-state index is 0.0292. The highest BCUT2D eigenvalue weighted by atomic mass is 16.2. The number of piperazine rings is 1. The maximum atomic E-state index is 13.3. The van der Waals surface area contributed by atoms with E-state index in [1.807, 2.05) is 18.7 Å². The lowest BCUT2D eigenvalue weighted by Gasteiger charge is -2.35. The first-order chi connectivity index (χ1) is 15.8. The molecule has 1 aromatic heterocycles. The van der Waals surface area contributed by atoms with Crippen LogP contribution < -0.4 is 27.2 Å². The van der Waals surface area contributed by atoms with Gasteiger partial charge in [0, 0.05) is 45.3 Å². The fourth-order valence-electron chi connectivity index (χ4n) is 4.05. The molecule has 33 heavy (non-hydrogen) atoms. The molecule has 3 rings (SSSR count). The fraction of sp³-hybridized carbons (Fsp3) is 0.727. The van der Waals surface area contributed by atoms with Gasteiger partial charge in [0.15, 0.2) is 5.69 Å². The Hall–Kier alpha value is -2.66. The number of aromatic nitrogens is 2. The Morgan fingerprint density at radius 1 is 1.06 bits per heavy atom. The molecule has 2 fully saturated rings. The largest absolute Gasteiger partial charge is 0.383 e. The summed E-state index contributed by atoms with van der Waals surface area (Å²) in [7, 11) is 0. The van der Waals surface area contributed by atoms with E-state index in [0.29, 0.717) is 64.7 Å². The number of aromatic amines is 1. The van der Waals surface area contributed by atoms with E-state index in [1.54, 1.807) is 0 Å². The Labute approximate surface area is 193 Å². The molecule has 2 heterocycles. The van der Waals surface area contributed by atoms with Gasteiger partial charge in [-0.15, -0.1) is 0 Å². The van der Waals surface area contributed by atoms with Gasteiger partial charge in [0.2, 0.25) is 11.8 Å². The number of nitrogen functional groups attached to an aromatic ring is 1. The lowest BCUT2D eigenvalue weighted by atomic mass is 10.2. The predicted octanol–water partition coefficient (Wildman–Crippen LogP) is -0.442. The molecule has 2 aliphatic rings. The number of carbonyl (C=O) groups excluding carboxylic acids is 2. The molecule has 1 aliphatic carbocycles. The summed E-state index contributed by atoms with van der Waals surface area (Å²) in [5.74, 6) is -0.131. The van der Waals surface area contributed by atoms with E-state index >= 15 is 0 Å². The quantitative estimate of drug-likeness (QED) is 0.405. The van der Waals surface area contributed by atoms with E-state index < -0.39 is 11.2 Å². The van der Waals surface area contributed by atoms with Crippen molar-refractivity contribution in [3.63, 3.8) is 0 Å². The summed E-state index contributed by atoms with van der Waals surface area (Å²) in [4.78, 5) is 58.0. The number of H-pyrrole nitrogens is 1. The van der Waals surface area contributed by atoms with E-state index in [-0.39, 0.29) is 29.9 Å². The molecule has 0 radical (unpaired) electrons. The van der Waals surface area contributed by atoms with Crippen molar-refractivity contribution in [2.75, 3.05) is 56.4 Å². The Bertz CT molecular complexity index is 945. The number of nitrogens with two attached hydrogens (primary N) is 1. The number of unbranched alkanes of at least 4 members (excludes halogenated alkanes) is 1. The molecule has 0 spiro atoms. The van der Waals surface area contributed by atoms with Gasteiger partial charge in [-0.05, 0) is 25.7 Å². The van der Waals surface area contributed by atoms with Gasteiger partial charge < -0.3 is 16.0 Å². The van der Waals surface area contributed by atoms with Crippen LogP contribution in [0.3, 0.4) is 0 Å². The second kappa shape index (κ2) is 11.5. The zero-order valence-corrected chi connectivity index (χ0v) is 19.8. The highest BCUT2D eigenvalue weighted by molar-refractivity contribution is 5.96. The molecule has 11 nitrogen and oxygen atoms in total. The number of nitrogens with one attached hydrogen (secondary N) is 2. The first-order valence-corrected chi connectivity index (χ1v) is 12.0. The standard InChI is InChI=1S/C22H37N7O4/c1-3-5-9-28(19-20(23)29(8-4-2)22(33)25-21(19)32)18(31)15-27-12-10-26(11-13-27)14-17(30)24-16-6-7-16/h16H,3-15,23H2,1-2H3,(H,24,30)(H,25,32,33). The Balaban J connectivity index is 1.66. The number of hydrogen-bond acceptors (Lipinski definition) is 7. The molecule has 1 aliphatic heterocycles. The minimum atomic E-state index is -0.638. The molecule has 0 bridgehead atoms. The molecule has 0 aromatic carbocycles. The van der Waals surface area contributed by atoms with Gasteiger partial charge in [-0.1, -0.05) is 20.3 Å². The summed E-state index contributed by atoms with van der Waals surface area (Å²) in [6.45, 7) is 7.88. The molecule has 11 heteroatoms. The van der Waals surface area contributed by atoms with E-state index in [2.05, 4.69) is 15.2 Å². The highest BCUT2D eigenvalue weighted by Crippen LogP contribution is 2.19. The maximum absolute atomic E-state index is 13.3. The van der Waals surface area contributed by atoms with E-state index in [0.717, 1.165) is 19.3 Å². The van der Waals surface area contributed by atoms with Crippen molar-refractivity contribution >= 4 is 23.3 Å². The van der Waals surface area contributed by atoms with Crippen molar-refractivity contribution in [1.29, 1.82) is 0 Å². The SMILES string of the molecule is CCCCN(C(=O)CN1CCN(CC(=O)NC2CC2)CC1)c1c(N)n(CCC)c(=O)[nH]c1=O. The zero-order valence-electron chi connectivity index (χ0n) is 19.8. The third-order valence-electron chi connectivity index (χ3n) is 6.10. The first kappa shape index (κ1) is 25.0. The summed E-state index contributed by atoms with van der Waals surface area (Å²) in [6.07, 6.45) is 4.36. The van der Waals surface area contributed by atoms with Crippen LogP contribution in [-0.2, 0) is 16.1 Å². The van der Waals surface area contributed by atoms with Crippen LogP contribution in [-0.4, -0.2) is 83.0 Å². The summed E-state index contributed by atoms with van der Waals surface area (Å²) < 4.78 is 1.31. The third-order valence-corrected chi connectivity index (χ3v) is 6.10. The van der Waals surface area contributed by atoms with Crippen LogP contribution in [0.15, 0.2) is 9.59 Å². The van der Waals surface area contributed by atoms with Crippen molar-refractivity contribution < 1.29 is 9.59 Å². The fourth-order valence-corrected chi connectivity index (χ4v) is 4.05. The first-order valence-electron chi connectivity index (χ1n) is 12.0. The van der Waals surface area contributed by atoms with E-state index in [4.69, 9.17) is 5.73 Å². The van der Waals surface area contributed by atoms with Gasteiger partial charge in [0.25, 0.3) is 5.56 Å². The number of rotatable bonds is 11. The number of carbonyl (C=O) groups is 2. The zero-order chi connectivity index (χ0) is 24.0. The van der Waals surface area contributed by atoms with Crippen LogP contribution in [0, 0.1) is 0 Å². The minimum Gasteiger partial charge on any atom is -0.383 e. The molecule has 1 saturated carbocycles.